The third kappa shape index (κ3) is 6.12. The van der Waals surface area contributed by atoms with Gasteiger partial charge in [-0.2, -0.15) is 0 Å². The van der Waals surface area contributed by atoms with Crippen molar-refractivity contribution >= 4 is 40.5 Å². The predicted octanol–water partition coefficient (Wildman–Crippen LogP) is 4.59. The maximum absolute atomic E-state index is 12.1. The summed E-state index contributed by atoms with van der Waals surface area (Å²) in [5.41, 5.74) is 0.674. The lowest BCUT2D eigenvalue weighted by Gasteiger charge is -2.09. The minimum Gasteiger partial charge on any atom is -0.461 e. The summed E-state index contributed by atoms with van der Waals surface area (Å²) in [6, 6.07) is 16.0. The first-order valence-electron chi connectivity index (χ1n) is 9.39. The van der Waals surface area contributed by atoms with E-state index in [1.54, 1.807) is 30.8 Å². The molecule has 0 unspecified atom stereocenters. The number of fused-ring (bicyclic) bond motifs is 1. The van der Waals surface area contributed by atoms with Gasteiger partial charge in [-0.05, 0) is 31.2 Å². The number of thioether (sulfide) groups is 1. The van der Waals surface area contributed by atoms with Gasteiger partial charge in [0.1, 0.15) is 12.2 Å². The van der Waals surface area contributed by atoms with Crippen molar-refractivity contribution in [2.24, 2.45) is 0 Å². The first-order valence-corrected chi connectivity index (χ1v) is 10.4. The SMILES string of the molecule is CCOC(=O)Nc1ccc2c(COC(=O)CCSc3ccccc3)cc(=O)oc2c1. The summed E-state index contributed by atoms with van der Waals surface area (Å²) >= 11 is 1.57. The zero-order valence-electron chi connectivity index (χ0n) is 16.4. The van der Waals surface area contributed by atoms with Crippen LogP contribution < -0.4 is 10.9 Å². The van der Waals surface area contributed by atoms with Crippen molar-refractivity contribution in [1.29, 1.82) is 0 Å². The van der Waals surface area contributed by atoms with E-state index >= 15 is 0 Å². The molecule has 0 saturated carbocycles. The van der Waals surface area contributed by atoms with Crippen LogP contribution in [-0.2, 0) is 20.9 Å². The summed E-state index contributed by atoms with van der Waals surface area (Å²) < 4.78 is 15.4. The Morgan fingerprint density at radius 1 is 1.07 bits per heavy atom. The van der Waals surface area contributed by atoms with Gasteiger partial charge in [-0.3, -0.25) is 10.1 Å². The van der Waals surface area contributed by atoms with Crippen molar-refractivity contribution in [2.45, 2.75) is 24.8 Å². The van der Waals surface area contributed by atoms with E-state index in [4.69, 9.17) is 13.9 Å². The van der Waals surface area contributed by atoms with Crippen LogP contribution in [0.4, 0.5) is 10.5 Å². The number of rotatable bonds is 8. The zero-order chi connectivity index (χ0) is 21.3. The maximum Gasteiger partial charge on any atom is 0.411 e. The van der Waals surface area contributed by atoms with Gasteiger partial charge in [-0.1, -0.05) is 18.2 Å². The van der Waals surface area contributed by atoms with Crippen molar-refractivity contribution < 1.29 is 23.5 Å². The van der Waals surface area contributed by atoms with Crippen molar-refractivity contribution in [1.82, 2.24) is 0 Å². The quantitative estimate of drug-likeness (QED) is 0.319. The molecule has 2 aromatic carbocycles. The minimum absolute atomic E-state index is 0.0401. The lowest BCUT2D eigenvalue weighted by Crippen LogP contribution is -2.13. The largest absolute Gasteiger partial charge is 0.461 e. The van der Waals surface area contributed by atoms with Crippen LogP contribution in [0.3, 0.4) is 0 Å². The molecule has 8 heteroatoms. The van der Waals surface area contributed by atoms with E-state index in [2.05, 4.69) is 5.32 Å². The topological polar surface area (TPSA) is 94.8 Å². The van der Waals surface area contributed by atoms with Gasteiger partial charge in [0.2, 0.25) is 0 Å². The van der Waals surface area contributed by atoms with E-state index in [1.165, 1.54) is 12.1 Å². The molecule has 1 amide bonds. The number of benzene rings is 2. The Kier molecular flexibility index (Phi) is 7.51. The molecule has 30 heavy (non-hydrogen) atoms. The average molecular weight is 427 g/mol. The third-order valence-corrected chi connectivity index (χ3v) is 5.07. The minimum atomic E-state index is -0.599. The molecule has 0 saturated heterocycles. The van der Waals surface area contributed by atoms with Crippen molar-refractivity contribution in [3.8, 4) is 0 Å². The Morgan fingerprint density at radius 3 is 2.63 bits per heavy atom. The molecule has 0 aliphatic rings. The molecule has 3 aromatic rings. The van der Waals surface area contributed by atoms with Crippen LogP contribution in [0.5, 0.6) is 0 Å². The fraction of sp³-hybridized carbons (Fsp3) is 0.227. The highest BCUT2D eigenvalue weighted by Crippen LogP contribution is 2.23. The van der Waals surface area contributed by atoms with Crippen LogP contribution in [-0.4, -0.2) is 24.4 Å². The van der Waals surface area contributed by atoms with Crippen molar-refractivity contribution in [2.75, 3.05) is 17.7 Å². The number of anilines is 1. The van der Waals surface area contributed by atoms with E-state index in [9.17, 15) is 14.4 Å². The Labute approximate surface area is 177 Å². The molecule has 0 bridgehead atoms. The predicted molar refractivity (Wildman–Crippen MR) is 115 cm³/mol. The molecule has 156 valence electrons. The molecule has 0 spiro atoms. The van der Waals surface area contributed by atoms with Crippen molar-refractivity contribution in [3.05, 3.63) is 70.6 Å². The molecule has 7 nitrogen and oxygen atoms in total. The van der Waals surface area contributed by atoms with E-state index in [0.717, 1.165) is 4.90 Å². The zero-order valence-corrected chi connectivity index (χ0v) is 17.2. The molecule has 3 rings (SSSR count). The standard InChI is InChI=1S/C22H21NO6S/c1-2-27-22(26)23-16-8-9-18-15(12-21(25)29-19(18)13-16)14-28-20(24)10-11-30-17-6-4-3-5-7-17/h3-9,12-13H,2,10-11,14H2,1H3,(H,23,26). The number of esters is 1. The van der Waals surface area contributed by atoms with E-state index in [0.29, 0.717) is 22.4 Å². The Balaban J connectivity index is 1.61. The second-order valence-electron chi connectivity index (χ2n) is 6.22. The summed E-state index contributed by atoms with van der Waals surface area (Å²) in [5.74, 6) is 0.254. The van der Waals surface area contributed by atoms with E-state index in [-0.39, 0.29) is 31.2 Å². The molecule has 0 atom stereocenters. The number of nitrogens with one attached hydrogen (secondary N) is 1. The number of hydrogen-bond donors (Lipinski definition) is 1. The Hall–Kier alpha value is -3.26. The summed E-state index contributed by atoms with van der Waals surface area (Å²) in [5, 5.41) is 3.17. The maximum atomic E-state index is 12.1. The first kappa shape index (κ1) is 21.4. The molecular weight excluding hydrogens is 406 g/mol. The summed E-state index contributed by atoms with van der Waals surface area (Å²) in [4.78, 5) is 36.6. The van der Waals surface area contributed by atoms with Gasteiger partial charge >= 0.3 is 17.7 Å². The molecule has 0 radical (unpaired) electrons. The first-order chi connectivity index (χ1) is 14.5. The van der Waals surface area contributed by atoms with Crippen LogP contribution in [0.2, 0.25) is 0 Å². The van der Waals surface area contributed by atoms with Crippen LogP contribution in [0.15, 0.2) is 68.7 Å². The molecule has 1 N–H and O–H groups in total. The van der Waals surface area contributed by atoms with Crippen LogP contribution >= 0.6 is 11.8 Å². The second-order valence-corrected chi connectivity index (χ2v) is 7.39. The van der Waals surface area contributed by atoms with Crippen molar-refractivity contribution in [3.63, 3.8) is 0 Å². The summed E-state index contributed by atoms with van der Waals surface area (Å²) in [7, 11) is 0. The highest BCUT2D eigenvalue weighted by Gasteiger charge is 2.11. The number of hydrogen-bond acceptors (Lipinski definition) is 7. The smallest absolute Gasteiger partial charge is 0.411 e. The van der Waals surface area contributed by atoms with Crippen LogP contribution in [0.25, 0.3) is 11.0 Å². The van der Waals surface area contributed by atoms with Gasteiger partial charge in [0.15, 0.2) is 0 Å². The van der Waals surface area contributed by atoms with Gasteiger partial charge in [0, 0.05) is 39.4 Å². The summed E-state index contributed by atoms with van der Waals surface area (Å²) in [6.45, 7) is 1.91. The Bertz CT molecular complexity index is 1080. The fourth-order valence-corrected chi connectivity index (χ4v) is 3.57. The normalized spacial score (nSPS) is 10.6. The molecular formula is C22H21NO6S. The fourth-order valence-electron chi connectivity index (χ4n) is 2.71. The van der Waals surface area contributed by atoms with Gasteiger partial charge < -0.3 is 13.9 Å². The number of ether oxygens (including phenoxy) is 2. The molecule has 1 heterocycles. The van der Waals surface area contributed by atoms with Gasteiger partial charge in [-0.15, -0.1) is 11.8 Å². The number of carbonyl (C=O) groups excluding carboxylic acids is 2. The molecule has 0 fully saturated rings. The second kappa shape index (κ2) is 10.5. The van der Waals surface area contributed by atoms with Crippen LogP contribution in [0, 0.1) is 0 Å². The molecule has 0 aliphatic heterocycles. The van der Waals surface area contributed by atoms with Gasteiger partial charge in [0.25, 0.3) is 0 Å². The van der Waals surface area contributed by atoms with Gasteiger partial charge in [0.05, 0.1) is 13.0 Å². The molecule has 1 aromatic heterocycles. The van der Waals surface area contributed by atoms with Crippen LogP contribution in [0.1, 0.15) is 18.9 Å². The lowest BCUT2D eigenvalue weighted by atomic mass is 10.1. The molecule has 0 aliphatic carbocycles. The van der Waals surface area contributed by atoms with E-state index < -0.39 is 11.7 Å². The third-order valence-electron chi connectivity index (χ3n) is 4.06. The number of carbonyl (C=O) groups is 2. The van der Waals surface area contributed by atoms with E-state index in [1.807, 2.05) is 30.3 Å². The number of amides is 1. The average Bonchev–Trinajstić information content (AvgIpc) is 2.72. The van der Waals surface area contributed by atoms with Gasteiger partial charge in [-0.25, -0.2) is 9.59 Å². The lowest BCUT2D eigenvalue weighted by molar-refractivity contribution is -0.144. The Morgan fingerprint density at radius 2 is 1.87 bits per heavy atom. The highest BCUT2D eigenvalue weighted by atomic mass is 32.2. The highest BCUT2D eigenvalue weighted by molar-refractivity contribution is 7.99. The monoisotopic (exact) mass is 427 g/mol. The summed E-state index contributed by atoms with van der Waals surface area (Å²) in [6.07, 6.45) is -0.343.